The van der Waals surface area contributed by atoms with Gasteiger partial charge in [0, 0.05) is 12.7 Å². The van der Waals surface area contributed by atoms with Crippen LogP contribution in [-0.4, -0.2) is 29.3 Å². The molecule has 5 nitrogen and oxygen atoms in total. The molecule has 0 spiro atoms. The fourth-order valence-corrected chi connectivity index (χ4v) is 1.57. The molecule has 0 bridgehead atoms. The minimum absolute atomic E-state index is 0.0783. The summed E-state index contributed by atoms with van der Waals surface area (Å²) < 4.78 is 18.0. The van der Waals surface area contributed by atoms with Crippen molar-refractivity contribution in [2.24, 2.45) is 0 Å². The third kappa shape index (κ3) is 4.75. The molecule has 0 aliphatic rings. The van der Waals surface area contributed by atoms with Crippen LogP contribution in [0.15, 0.2) is 42.6 Å². The summed E-state index contributed by atoms with van der Waals surface area (Å²) in [4.78, 5) is 4.02. The number of aliphatic hydroxyl groups excluding tert-OH is 1. The highest BCUT2D eigenvalue weighted by molar-refractivity contribution is 5.38. The summed E-state index contributed by atoms with van der Waals surface area (Å²) in [5, 5.41) is 21.4. The highest BCUT2D eigenvalue weighted by atomic mass is 19.1. The number of pyridine rings is 1. The second kappa shape index (κ2) is 7.22. The van der Waals surface area contributed by atoms with E-state index in [1.165, 1.54) is 30.5 Å². The van der Waals surface area contributed by atoms with E-state index >= 15 is 0 Å². The fourth-order valence-electron chi connectivity index (χ4n) is 1.57. The van der Waals surface area contributed by atoms with E-state index < -0.39 is 6.10 Å². The van der Waals surface area contributed by atoms with Crippen molar-refractivity contribution < 1.29 is 14.2 Å². The molecule has 6 heteroatoms. The maximum atomic E-state index is 12.7. The lowest BCUT2D eigenvalue weighted by atomic mass is 10.3. The Labute approximate surface area is 121 Å². The fraction of sp³-hybridized carbons (Fsp3) is 0.200. The zero-order valence-electron chi connectivity index (χ0n) is 11.2. The molecule has 108 valence electrons. The van der Waals surface area contributed by atoms with Crippen molar-refractivity contribution in [2.45, 2.75) is 6.10 Å². The highest BCUT2D eigenvalue weighted by Crippen LogP contribution is 2.11. The molecule has 0 aliphatic heterocycles. The van der Waals surface area contributed by atoms with Gasteiger partial charge >= 0.3 is 0 Å². The molecule has 2 N–H and O–H groups in total. The van der Waals surface area contributed by atoms with E-state index in [1.807, 2.05) is 6.07 Å². The number of nitrogens with one attached hydrogen (secondary N) is 1. The van der Waals surface area contributed by atoms with E-state index in [0.717, 1.165) is 0 Å². The number of benzene rings is 1. The number of nitrogens with zero attached hydrogens (tertiary/aromatic N) is 2. The molecule has 21 heavy (non-hydrogen) atoms. The van der Waals surface area contributed by atoms with E-state index in [0.29, 0.717) is 17.1 Å². The van der Waals surface area contributed by atoms with Crippen LogP contribution in [0, 0.1) is 17.1 Å². The van der Waals surface area contributed by atoms with Gasteiger partial charge in [0.05, 0.1) is 5.56 Å². The number of aliphatic hydroxyl groups is 1. The molecule has 0 fully saturated rings. The summed E-state index contributed by atoms with van der Waals surface area (Å²) in [5.74, 6) is 0.721. The minimum atomic E-state index is -0.743. The molecule has 1 heterocycles. The summed E-state index contributed by atoms with van der Waals surface area (Å²) >= 11 is 0. The molecule has 1 atom stereocenters. The van der Waals surface area contributed by atoms with E-state index in [4.69, 9.17) is 10.00 Å². The van der Waals surface area contributed by atoms with Crippen molar-refractivity contribution in [3.05, 3.63) is 54.0 Å². The number of halogens is 1. The van der Waals surface area contributed by atoms with Gasteiger partial charge < -0.3 is 15.2 Å². The van der Waals surface area contributed by atoms with Gasteiger partial charge in [0.1, 0.15) is 36.2 Å². The molecule has 1 aromatic carbocycles. The molecule has 2 rings (SSSR count). The van der Waals surface area contributed by atoms with E-state index in [9.17, 15) is 9.50 Å². The predicted octanol–water partition coefficient (Wildman–Crippen LogP) is 1.94. The molecule has 2 aromatic rings. The average molecular weight is 287 g/mol. The van der Waals surface area contributed by atoms with Crippen molar-refractivity contribution in [2.75, 3.05) is 18.5 Å². The van der Waals surface area contributed by atoms with Gasteiger partial charge in [0.2, 0.25) is 0 Å². The predicted molar refractivity (Wildman–Crippen MR) is 75.3 cm³/mol. The van der Waals surface area contributed by atoms with Crippen molar-refractivity contribution in [3.63, 3.8) is 0 Å². The van der Waals surface area contributed by atoms with E-state index in [1.54, 1.807) is 12.1 Å². The van der Waals surface area contributed by atoms with Crippen molar-refractivity contribution in [1.82, 2.24) is 4.98 Å². The lowest BCUT2D eigenvalue weighted by Crippen LogP contribution is -2.26. The Hall–Kier alpha value is -2.65. The Morgan fingerprint density at radius 3 is 2.67 bits per heavy atom. The molecule has 0 aliphatic carbocycles. The minimum Gasteiger partial charge on any atom is -0.491 e. The molecule has 0 saturated carbocycles. The SMILES string of the molecule is N#Cc1ccc(NC[C@H](O)COc2ccc(F)cc2)nc1. The van der Waals surface area contributed by atoms with Gasteiger partial charge in [0.25, 0.3) is 0 Å². The van der Waals surface area contributed by atoms with Crippen molar-refractivity contribution >= 4 is 5.82 Å². The van der Waals surface area contributed by atoms with Crippen molar-refractivity contribution in [3.8, 4) is 11.8 Å². The van der Waals surface area contributed by atoms with Gasteiger partial charge in [-0.3, -0.25) is 0 Å². The summed E-state index contributed by atoms with van der Waals surface area (Å²) in [7, 11) is 0. The number of hydrogen-bond donors (Lipinski definition) is 2. The van der Waals surface area contributed by atoms with Crippen LogP contribution in [0.25, 0.3) is 0 Å². The first kappa shape index (κ1) is 14.8. The van der Waals surface area contributed by atoms with Crippen LogP contribution in [0.5, 0.6) is 5.75 Å². The number of nitriles is 1. The smallest absolute Gasteiger partial charge is 0.126 e. The quantitative estimate of drug-likeness (QED) is 0.849. The third-order valence-corrected chi connectivity index (χ3v) is 2.67. The van der Waals surface area contributed by atoms with Crippen molar-refractivity contribution in [1.29, 1.82) is 5.26 Å². The van der Waals surface area contributed by atoms with Crippen LogP contribution in [0.4, 0.5) is 10.2 Å². The number of rotatable bonds is 6. The molecule has 0 radical (unpaired) electrons. The molecular weight excluding hydrogens is 273 g/mol. The van der Waals surface area contributed by atoms with E-state index in [2.05, 4.69) is 10.3 Å². The second-order valence-corrected chi connectivity index (χ2v) is 4.34. The molecule has 1 aromatic heterocycles. The number of hydrogen-bond acceptors (Lipinski definition) is 5. The van der Waals surface area contributed by atoms with Crippen LogP contribution in [0.3, 0.4) is 0 Å². The summed E-state index contributed by atoms with van der Waals surface area (Å²) in [6.45, 7) is 0.328. The number of aromatic nitrogens is 1. The second-order valence-electron chi connectivity index (χ2n) is 4.34. The van der Waals surface area contributed by atoms with Crippen LogP contribution in [0.1, 0.15) is 5.56 Å². The largest absolute Gasteiger partial charge is 0.491 e. The van der Waals surface area contributed by atoms with Crippen LogP contribution < -0.4 is 10.1 Å². The standard InChI is InChI=1S/C15H14FN3O2/c16-12-2-4-14(5-3-12)21-10-13(20)9-19-15-6-1-11(7-17)8-18-15/h1-6,8,13,20H,9-10H2,(H,18,19)/t13-/m0/s1. The number of ether oxygens (including phenoxy) is 1. The maximum absolute atomic E-state index is 12.7. The van der Waals surface area contributed by atoms with Gasteiger partial charge in [-0.15, -0.1) is 0 Å². The van der Waals surface area contributed by atoms with Crippen LogP contribution in [0.2, 0.25) is 0 Å². The zero-order valence-corrected chi connectivity index (χ0v) is 11.2. The number of anilines is 1. The monoisotopic (exact) mass is 287 g/mol. The summed E-state index contributed by atoms with van der Waals surface area (Å²) in [5.41, 5.74) is 0.473. The molecule has 0 saturated heterocycles. The van der Waals surface area contributed by atoms with Gasteiger partial charge in [-0.1, -0.05) is 0 Å². The normalized spacial score (nSPS) is 11.5. The Morgan fingerprint density at radius 2 is 2.05 bits per heavy atom. The topological polar surface area (TPSA) is 78.2 Å². The van der Waals surface area contributed by atoms with Gasteiger partial charge in [0.15, 0.2) is 0 Å². The Balaban J connectivity index is 1.75. The summed E-state index contributed by atoms with van der Waals surface area (Å²) in [6, 6.07) is 10.8. The van der Waals surface area contributed by atoms with Gasteiger partial charge in [-0.2, -0.15) is 5.26 Å². The van der Waals surface area contributed by atoms with E-state index in [-0.39, 0.29) is 19.0 Å². The van der Waals surface area contributed by atoms with Gasteiger partial charge in [-0.05, 0) is 36.4 Å². The van der Waals surface area contributed by atoms with Gasteiger partial charge in [-0.25, -0.2) is 9.37 Å². The average Bonchev–Trinajstić information content (AvgIpc) is 2.53. The summed E-state index contributed by atoms with van der Waals surface area (Å²) in [6.07, 6.45) is 0.705. The molecular formula is C15H14FN3O2. The maximum Gasteiger partial charge on any atom is 0.126 e. The lowest BCUT2D eigenvalue weighted by Gasteiger charge is -2.13. The molecule has 0 amide bonds. The first-order chi connectivity index (χ1) is 10.2. The highest BCUT2D eigenvalue weighted by Gasteiger charge is 2.06. The zero-order chi connectivity index (χ0) is 15.1. The third-order valence-electron chi connectivity index (χ3n) is 2.67. The molecule has 0 unspecified atom stereocenters. The lowest BCUT2D eigenvalue weighted by molar-refractivity contribution is 0.117. The van der Waals surface area contributed by atoms with Crippen LogP contribution >= 0.6 is 0 Å². The Morgan fingerprint density at radius 1 is 1.29 bits per heavy atom. The Bertz CT molecular complexity index is 608. The van der Waals surface area contributed by atoms with Crippen LogP contribution in [-0.2, 0) is 0 Å². The first-order valence-corrected chi connectivity index (χ1v) is 6.34. The Kier molecular flexibility index (Phi) is 5.07. The first-order valence-electron chi connectivity index (χ1n) is 6.34.